The molecule has 0 aliphatic carbocycles. The topological polar surface area (TPSA) is 114 Å². The van der Waals surface area contributed by atoms with Crippen LogP contribution >= 0.6 is 11.3 Å². The zero-order valence-corrected chi connectivity index (χ0v) is 21.2. The molecule has 0 bridgehead atoms. The minimum absolute atomic E-state index is 0.0325. The van der Waals surface area contributed by atoms with E-state index in [9.17, 15) is 18.5 Å². The molecule has 0 N–H and O–H groups in total. The molecule has 5 aromatic rings. The molecular formula is C25H22N6O4S2. The molecule has 1 fully saturated rings. The van der Waals surface area contributed by atoms with Gasteiger partial charge in [-0.25, -0.2) is 13.4 Å². The maximum atomic E-state index is 13.5. The predicted octanol–water partition coefficient (Wildman–Crippen LogP) is 4.03. The van der Waals surface area contributed by atoms with Gasteiger partial charge in [0.25, 0.3) is 5.69 Å². The van der Waals surface area contributed by atoms with Crippen molar-refractivity contribution in [3.63, 3.8) is 0 Å². The van der Waals surface area contributed by atoms with Gasteiger partial charge >= 0.3 is 0 Å². The molecule has 6 rings (SSSR count). The number of aromatic nitrogens is 3. The predicted molar refractivity (Wildman–Crippen MR) is 141 cm³/mol. The van der Waals surface area contributed by atoms with E-state index in [-0.39, 0.29) is 10.6 Å². The van der Waals surface area contributed by atoms with Gasteiger partial charge in [-0.3, -0.25) is 24.4 Å². The van der Waals surface area contributed by atoms with Gasteiger partial charge in [-0.15, -0.1) is 11.3 Å². The number of thiazole rings is 1. The number of imidazole rings is 1. The molecule has 10 nitrogen and oxygen atoms in total. The average Bonchev–Trinajstić information content (AvgIpc) is 3.51. The Morgan fingerprint density at radius 3 is 2.51 bits per heavy atom. The number of benzene rings is 2. The number of fused-ring (bicyclic) bond motifs is 2. The second-order valence-corrected chi connectivity index (χ2v) is 11.6. The summed E-state index contributed by atoms with van der Waals surface area (Å²) >= 11 is 1.52. The molecule has 1 aliphatic rings. The zero-order chi connectivity index (χ0) is 25.6. The molecular weight excluding hydrogens is 512 g/mol. The first-order valence-electron chi connectivity index (χ1n) is 11.7. The monoisotopic (exact) mass is 534 g/mol. The number of hydrogen-bond acceptors (Lipinski definition) is 8. The molecule has 188 valence electrons. The van der Waals surface area contributed by atoms with Crippen LogP contribution in [-0.2, 0) is 16.6 Å². The highest BCUT2D eigenvalue weighted by molar-refractivity contribution is 7.89. The van der Waals surface area contributed by atoms with E-state index in [4.69, 9.17) is 4.98 Å². The van der Waals surface area contributed by atoms with Crippen LogP contribution in [0, 0.1) is 10.1 Å². The van der Waals surface area contributed by atoms with Crippen molar-refractivity contribution in [2.75, 3.05) is 26.2 Å². The number of para-hydroxylation sites is 1. The molecule has 0 amide bonds. The van der Waals surface area contributed by atoms with Gasteiger partial charge in [-0.2, -0.15) is 4.31 Å². The Balaban J connectivity index is 1.23. The van der Waals surface area contributed by atoms with Gasteiger partial charge in [0.05, 0.1) is 21.8 Å². The second kappa shape index (κ2) is 9.30. The fourth-order valence-electron chi connectivity index (χ4n) is 4.72. The molecule has 4 heterocycles. The highest BCUT2D eigenvalue weighted by Gasteiger charge is 2.31. The van der Waals surface area contributed by atoms with Crippen molar-refractivity contribution in [2.24, 2.45) is 0 Å². The quantitative estimate of drug-likeness (QED) is 0.239. The van der Waals surface area contributed by atoms with E-state index in [1.165, 1.54) is 27.8 Å². The lowest BCUT2D eigenvalue weighted by molar-refractivity contribution is -0.384. The number of non-ortho nitro benzene ring substituents is 1. The molecule has 0 radical (unpaired) electrons. The Morgan fingerprint density at radius 1 is 1.00 bits per heavy atom. The first-order valence-corrected chi connectivity index (χ1v) is 14.0. The molecule has 0 unspecified atom stereocenters. The Morgan fingerprint density at radius 2 is 1.76 bits per heavy atom. The number of piperazine rings is 1. The number of pyridine rings is 1. The maximum absolute atomic E-state index is 13.5. The van der Waals surface area contributed by atoms with Crippen molar-refractivity contribution < 1.29 is 13.3 Å². The summed E-state index contributed by atoms with van der Waals surface area (Å²) in [4.78, 5) is 23.0. The van der Waals surface area contributed by atoms with Gasteiger partial charge in [0.1, 0.15) is 4.90 Å². The third-order valence-corrected chi connectivity index (χ3v) is 9.32. The van der Waals surface area contributed by atoms with Crippen LogP contribution in [0.5, 0.6) is 0 Å². The lowest BCUT2D eigenvalue weighted by atomic mass is 10.1. The largest absolute Gasteiger partial charge is 0.295 e. The fourth-order valence-corrected chi connectivity index (χ4v) is 7.04. The van der Waals surface area contributed by atoms with Gasteiger partial charge < -0.3 is 0 Å². The number of nitrogens with zero attached hydrogens (tertiary/aromatic N) is 6. The lowest BCUT2D eigenvalue weighted by Gasteiger charge is -2.34. The Hall–Kier alpha value is -3.71. The van der Waals surface area contributed by atoms with E-state index in [2.05, 4.69) is 9.88 Å². The van der Waals surface area contributed by atoms with Gasteiger partial charge in [0, 0.05) is 73.6 Å². The zero-order valence-electron chi connectivity index (χ0n) is 19.6. The second-order valence-electron chi connectivity index (χ2n) is 8.78. The van der Waals surface area contributed by atoms with Gasteiger partial charge in [-0.05, 0) is 24.3 Å². The van der Waals surface area contributed by atoms with Crippen LogP contribution in [0.4, 0.5) is 5.69 Å². The van der Waals surface area contributed by atoms with Crippen LogP contribution in [0.1, 0.15) is 5.69 Å². The summed E-state index contributed by atoms with van der Waals surface area (Å²) in [6.07, 6.45) is 3.57. The summed E-state index contributed by atoms with van der Waals surface area (Å²) in [7, 11) is -3.69. The van der Waals surface area contributed by atoms with E-state index in [0.29, 0.717) is 38.2 Å². The Labute approximate surface area is 216 Å². The SMILES string of the molecule is O=[N+]([O-])c1ccc(-c2nc3sccn3c2CN2CCN(S(=O)(=O)c3cccc4cccnc34)CC2)cc1. The van der Waals surface area contributed by atoms with Crippen LogP contribution in [0.25, 0.3) is 27.1 Å². The van der Waals surface area contributed by atoms with E-state index in [1.807, 2.05) is 28.1 Å². The fraction of sp³-hybridized carbons (Fsp3) is 0.200. The molecule has 1 aliphatic heterocycles. The van der Waals surface area contributed by atoms with Gasteiger partial charge in [0.15, 0.2) is 4.96 Å². The summed E-state index contributed by atoms with van der Waals surface area (Å²) in [5.74, 6) is 0. The van der Waals surface area contributed by atoms with E-state index >= 15 is 0 Å². The van der Waals surface area contributed by atoms with Crippen LogP contribution in [-0.4, -0.2) is 63.1 Å². The smallest absolute Gasteiger partial charge is 0.269 e. The first kappa shape index (κ1) is 23.7. The molecule has 2 aromatic carbocycles. The first-order chi connectivity index (χ1) is 17.9. The molecule has 0 atom stereocenters. The summed E-state index contributed by atoms with van der Waals surface area (Å²) < 4.78 is 30.5. The average molecular weight is 535 g/mol. The van der Waals surface area contributed by atoms with Gasteiger partial charge in [-0.1, -0.05) is 18.2 Å². The van der Waals surface area contributed by atoms with Crippen molar-refractivity contribution in [1.29, 1.82) is 0 Å². The molecule has 0 saturated carbocycles. The standard InChI is InChI=1S/C25H22N6O4S2/c32-31(33)20-8-6-19(7-9-20)23-21(30-15-16-36-25(30)27-23)17-28-11-13-29(14-12-28)37(34,35)22-5-1-3-18-4-2-10-26-24(18)22/h1-10,15-16H,11-14,17H2. The Bertz CT molecular complexity index is 1720. The molecule has 1 saturated heterocycles. The summed E-state index contributed by atoms with van der Waals surface area (Å²) in [5.41, 5.74) is 3.07. The number of hydrogen-bond donors (Lipinski definition) is 0. The number of nitro groups is 1. The molecule has 12 heteroatoms. The minimum Gasteiger partial charge on any atom is -0.295 e. The third-order valence-electron chi connectivity index (χ3n) is 6.63. The van der Waals surface area contributed by atoms with E-state index < -0.39 is 14.9 Å². The number of nitro benzene ring substituents is 1. The summed E-state index contributed by atoms with van der Waals surface area (Å²) in [6, 6.07) is 15.3. The van der Waals surface area contributed by atoms with Crippen LogP contribution < -0.4 is 0 Å². The van der Waals surface area contributed by atoms with Gasteiger partial charge in [0.2, 0.25) is 10.0 Å². The van der Waals surface area contributed by atoms with Crippen molar-refractivity contribution >= 4 is 42.9 Å². The van der Waals surface area contributed by atoms with Crippen molar-refractivity contribution in [3.05, 3.63) is 88.2 Å². The van der Waals surface area contributed by atoms with Crippen molar-refractivity contribution in [2.45, 2.75) is 11.4 Å². The maximum Gasteiger partial charge on any atom is 0.269 e. The van der Waals surface area contributed by atoms with Crippen LogP contribution in [0.2, 0.25) is 0 Å². The highest BCUT2D eigenvalue weighted by atomic mass is 32.2. The lowest BCUT2D eigenvalue weighted by Crippen LogP contribution is -2.48. The Kier molecular flexibility index (Phi) is 5.95. The minimum atomic E-state index is -3.69. The van der Waals surface area contributed by atoms with Crippen LogP contribution in [0.3, 0.4) is 0 Å². The third kappa shape index (κ3) is 4.27. The van der Waals surface area contributed by atoms with Crippen molar-refractivity contribution in [3.8, 4) is 11.3 Å². The molecule has 3 aromatic heterocycles. The van der Waals surface area contributed by atoms with E-state index in [0.717, 1.165) is 27.3 Å². The number of sulfonamides is 1. The van der Waals surface area contributed by atoms with Crippen LogP contribution in [0.15, 0.2) is 77.3 Å². The van der Waals surface area contributed by atoms with E-state index in [1.54, 1.807) is 36.5 Å². The van der Waals surface area contributed by atoms with Crippen molar-refractivity contribution in [1.82, 2.24) is 23.6 Å². The summed E-state index contributed by atoms with van der Waals surface area (Å²) in [5, 5.41) is 13.8. The number of rotatable bonds is 6. The highest BCUT2D eigenvalue weighted by Crippen LogP contribution is 2.30. The molecule has 0 spiro atoms. The normalized spacial score (nSPS) is 15.5. The summed E-state index contributed by atoms with van der Waals surface area (Å²) in [6.45, 7) is 2.44. The molecule has 37 heavy (non-hydrogen) atoms.